The van der Waals surface area contributed by atoms with Crippen LogP contribution in [0.4, 0.5) is 4.39 Å². The Balaban J connectivity index is 1.37. The summed E-state index contributed by atoms with van der Waals surface area (Å²) in [6.07, 6.45) is -0.485. The molecule has 0 radical (unpaired) electrons. The summed E-state index contributed by atoms with van der Waals surface area (Å²) in [5.41, 5.74) is -1.23. The average molecular weight is 493 g/mol. The molecule has 10 heteroatoms. The van der Waals surface area contributed by atoms with Crippen LogP contribution >= 0.6 is 11.6 Å². The van der Waals surface area contributed by atoms with Gasteiger partial charge in [0.25, 0.3) is 11.8 Å². The summed E-state index contributed by atoms with van der Waals surface area (Å²) in [7, 11) is 0. The lowest BCUT2D eigenvalue weighted by molar-refractivity contribution is -0.132. The van der Waals surface area contributed by atoms with Gasteiger partial charge >= 0.3 is 0 Å². The number of hydrogen-bond donors (Lipinski definition) is 5. The van der Waals surface area contributed by atoms with Crippen molar-refractivity contribution in [3.05, 3.63) is 64.4 Å². The molecular formula is C24H26ClFN2O6. The zero-order valence-corrected chi connectivity index (χ0v) is 19.0. The van der Waals surface area contributed by atoms with Gasteiger partial charge in [0.15, 0.2) is 12.9 Å². The Morgan fingerprint density at radius 3 is 2.47 bits per heavy atom. The Bertz CT molecular complexity index is 1090. The maximum atomic E-state index is 13.5. The molecule has 2 amide bonds. The molecule has 3 saturated carbocycles. The van der Waals surface area contributed by atoms with Crippen LogP contribution in [0.3, 0.4) is 0 Å². The lowest BCUT2D eigenvalue weighted by atomic mass is 9.59. The minimum absolute atomic E-state index is 0.0465. The van der Waals surface area contributed by atoms with Gasteiger partial charge in [-0.05, 0) is 50.3 Å². The van der Waals surface area contributed by atoms with Crippen LogP contribution in [-0.2, 0) is 4.79 Å². The number of rotatable bonds is 7. The molecule has 0 aliphatic heterocycles. The van der Waals surface area contributed by atoms with Gasteiger partial charge in [0.1, 0.15) is 11.6 Å². The first-order valence-corrected chi connectivity index (χ1v) is 11.4. The molecule has 2 bridgehead atoms. The highest BCUT2D eigenvalue weighted by molar-refractivity contribution is 6.30. The maximum Gasteiger partial charge on any atom is 0.258 e. The quantitative estimate of drug-likeness (QED) is 0.377. The number of ether oxygens (including phenoxy) is 1. The molecule has 5 N–H and O–H groups in total. The number of hydrogen-bond acceptors (Lipinski definition) is 6. The predicted octanol–water partition coefficient (Wildman–Crippen LogP) is 2.20. The number of carbonyl (C=O) groups excluding carboxylic acids is 2. The number of halogens is 2. The highest BCUT2D eigenvalue weighted by atomic mass is 35.5. The van der Waals surface area contributed by atoms with Crippen molar-refractivity contribution in [1.82, 2.24) is 10.6 Å². The van der Waals surface area contributed by atoms with E-state index in [2.05, 4.69) is 10.6 Å². The third kappa shape index (κ3) is 4.88. The van der Waals surface area contributed by atoms with E-state index in [-0.39, 0.29) is 34.9 Å². The summed E-state index contributed by atoms with van der Waals surface area (Å²) in [4.78, 5) is 25.4. The molecule has 3 fully saturated rings. The summed E-state index contributed by atoms with van der Waals surface area (Å²) in [6.45, 7) is -0.350. The third-order valence-corrected chi connectivity index (χ3v) is 7.14. The van der Waals surface area contributed by atoms with Crippen LogP contribution < -0.4 is 15.4 Å². The first-order chi connectivity index (χ1) is 16.1. The molecule has 1 atom stereocenters. The fourth-order valence-electron chi connectivity index (χ4n) is 4.93. The summed E-state index contributed by atoms with van der Waals surface area (Å²) in [6, 6.07) is 10.1. The number of aliphatic hydroxyl groups excluding tert-OH is 2. The number of benzene rings is 2. The summed E-state index contributed by atoms with van der Waals surface area (Å²) >= 11 is 5.64. The van der Waals surface area contributed by atoms with Gasteiger partial charge in [0.05, 0.1) is 16.7 Å². The van der Waals surface area contributed by atoms with Crippen molar-refractivity contribution < 1.29 is 34.0 Å². The highest BCUT2D eigenvalue weighted by Gasteiger charge is 2.55. The highest BCUT2D eigenvalue weighted by Crippen LogP contribution is 2.47. The van der Waals surface area contributed by atoms with Crippen molar-refractivity contribution in [3.63, 3.8) is 0 Å². The minimum Gasteiger partial charge on any atom is -0.484 e. The fourth-order valence-corrected chi connectivity index (χ4v) is 5.05. The van der Waals surface area contributed by atoms with Crippen molar-refractivity contribution in [3.8, 4) is 5.75 Å². The van der Waals surface area contributed by atoms with Crippen LogP contribution in [0.5, 0.6) is 5.75 Å². The molecule has 1 unspecified atom stereocenters. The van der Waals surface area contributed by atoms with Gasteiger partial charge in [-0.1, -0.05) is 29.8 Å². The summed E-state index contributed by atoms with van der Waals surface area (Å²) < 4.78 is 18.9. The molecule has 0 heterocycles. The second kappa shape index (κ2) is 9.50. The van der Waals surface area contributed by atoms with E-state index in [9.17, 15) is 29.3 Å². The van der Waals surface area contributed by atoms with E-state index in [1.165, 1.54) is 24.3 Å². The van der Waals surface area contributed by atoms with Crippen LogP contribution in [0.15, 0.2) is 42.5 Å². The molecule has 2 aromatic rings. The fraction of sp³-hybridized carbons (Fsp3) is 0.417. The zero-order chi connectivity index (χ0) is 24.5. The van der Waals surface area contributed by atoms with Crippen molar-refractivity contribution in [2.75, 3.05) is 6.61 Å². The minimum atomic E-state index is -1.78. The standard InChI is InChI=1S/C24H26ClFN2O6/c25-17-6-5-14(11-18(17)26)34-13-20(30)27-24-9-7-23(8-10-24,12-19(24)29)28-21(31)15-3-1-2-4-16(15)22(32)33/h1-6,11,19,22,29,32-33H,7-10,12-13H2,(H,27,30)(H,28,31). The van der Waals surface area contributed by atoms with E-state index in [1.54, 1.807) is 12.1 Å². The van der Waals surface area contributed by atoms with Gasteiger partial charge in [-0.3, -0.25) is 9.59 Å². The normalized spacial score (nSPS) is 25.8. The predicted molar refractivity (Wildman–Crippen MR) is 121 cm³/mol. The monoisotopic (exact) mass is 492 g/mol. The van der Waals surface area contributed by atoms with E-state index in [0.29, 0.717) is 25.7 Å². The molecule has 182 valence electrons. The third-order valence-electron chi connectivity index (χ3n) is 6.83. The first-order valence-electron chi connectivity index (χ1n) is 11.0. The van der Waals surface area contributed by atoms with Crippen molar-refractivity contribution in [2.24, 2.45) is 0 Å². The Hall–Kier alpha value is -2.72. The van der Waals surface area contributed by atoms with Gasteiger partial charge in [0.2, 0.25) is 0 Å². The lowest BCUT2D eigenvalue weighted by Crippen LogP contribution is -2.70. The number of nitrogens with one attached hydrogen (secondary N) is 2. The second-order valence-electron chi connectivity index (χ2n) is 8.98. The van der Waals surface area contributed by atoms with E-state index >= 15 is 0 Å². The molecule has 8 nitrogen and oxygen atoms in total. The van der Waals surface area contributed by atoms with Crippen molar-refractivity contribution >= 4 is 23.4 Å². The Morgan fingerprint density at radius 1 is 1.12 bits per heavy atom. The van der Waals surface area contributed by atoms with Crippen LogP contribution in [0.2, 0.25) is 5.02 Å². The largest absolute Gasteiger partial charge is 0.484 e. The zero-order valence-electron chi connectivity index (χ0n) is 18.3. The lowest BCUT2D eigenvalue weighted by Gasteiger charge is -2.56. The molecule has 0 saturated heterocycles. The van der Waals surface area contributed by atoms with Crippen molar-refractivity contribution in [2.45, 2.75) is 55.6 Å². The molecule has 5 rings (SSSR count). The van der Waals surface area contributed by atoms with Gasteiger partial charge in [-0.25, -0.2) is 4.39 Å². The van der Waals surface area contributed by atoms with Gasteiger partial charge in [0, 0.05) is 22.7 Å². The molecule has 34 heavy (non-hydrogen) atoms. The number of amides is 2. The Labute approximate surface area is 200 Å². The van der Waals surface area contributed by atoms with Crippen LogP contribution in [0, 0.1) is 5.82 Å². The molecule has 3 aliphatic carbocycles. The average Bonchev–Trinajstić information content (AvgIpc) is 2.81. The van der Waals surface area contributed by atoms with E-state index in [0.717, 1.165) is 6.07 Å². The number of aliphatic hydroxyl groups is 3. The topological polar surface area (TPSA) is 128 Å². The smallest absolute Gasteiger partial charge is 0.258 e. The molecule has 3 aliphatic rings. The van der Waals surface area contributed by atoms with Gasteiger partial charge in [-0.15, -0.1) is 0 Å². The van der Waals surface area contributed by atoms with Crippen molar-refractivity contribution in [1.29, 1.82) is 0 Å². The van der Waals surface area contributed by atoms with Crippen LogP contribution in [0.25, 0.3) is 0 Å². The SMILES string of the molecule is O=C(COc1ccc(Cl)c(F)c1)NC12CCC(NC(=O)c3ccccc3C(O)O)(CC1)CC2O. The summed E-state index contributed by atoms with van der Waals surface area (Å²) in [5.74, 6) is -1.38. The Kier molecular flexibility index (Phi) is 6.82. The molecule has 2 aromatic carbocycles. The van der Waals surface area contributed by atoms with E-state index in [1.807, 2.05) is 0 Å². The van der Waals surface area contributed by atoms with E-state index < -0.39 is 41.1 Å². The maximum absolute atomic E-state index is 13.5. The Morgan fingerprint density at radius 2 is 1.82 bits per heavy atom. The van der Waals surface area contributed by atoms with Crippen LogP contribution in [0.1, 0.15) is 54.3 Å². The van der Waals surface area contributed by atoms with Crippen LogP contribution in [-0.4, -0.2) is 50.9 Å². The van der Waals surface area contributed by atoms with E-state index in [4.69, 9.17) is 16.3 Å². The van der Waals surface area contributed by atoms with Gasteiger partial charge < -0.3 is 30.7 Å². The molecule has 0 spiro atoms. The molecule has 0 aromatic heterocycles. The number of fused-ring (bicyclic) bond motifs is 3. The number of carbonyl (C=O) groups is 2. The molecular weight excluding hydrogens is 467 g/mol. The second-order valence-corrected chi connectivity index (χ2v) is 9.39. The van der Waals surface area contributed by atoms with Gasteiger partial charge in [-0.2, -0.15) is 0 Å². The first kappa shape index (κ1) is 24.4. The summed E-state index contributed by atoms with van der Waals surface area (Å²) in [5, 5.41) is 35.8.